The van der Waals surface area contributed by atoms with E-state index in [4.69, 9.17) is 4.42 Å². The smallest absolute Gasteiger partial charge is 0.271 e. The van der Waals surface area contributed by atoms with E-state index in [9.17, 15) is 9.59 Å². The van der Waals surface area contributed by atoms with E-state index in [0.717, 1.165) is 63.9 Å². The van der Waals surface area contributed by atoms with Gasteiger partial charge in [0, 0.05) is 19.1 Å². The van der Waals surface area contributed by atoms with E-state index in [1.165, 1.54) is 0 Å². The number of carbonyl (C=O) groups excluding carboxylic acids is 2. The lowest BCUT2D eigenvalue weighted by molar-refractivity contribution is -0.134. The molecule has 35 heavy (non-hydrogen) atoms. The average Bonchev–Trinajstić information content (AvgIpc) is 3.52. The Balaban J connectivity index is 1.61. The van der Waals surface area contributed by atoms with Crippen LogP contribution in [0.25, 0.3) is 11.5 Å². The highest BCUT2D eigenvalue weighted by Crippen LogP contribution is 2.34. The lowest BCUT2D eigenvalue weighted by atomic mass is 9.86. The molecule has 0 aromatic carbocycles. The number of likely N-dealkylation sites (N-methyl/N-ethyl adjacent to an activating group) is 1. The maximum Gasteiger partial charge on any atom is 0.271 e. The molecule has 1 saturated carbocycles. The zero-order valence-corrected chi connectivity index (χ0v) is 21.9. The minimum atomic E-state index is -0.975. The first kappa shape index (κ1) is 25.5. The third kappa shape index (κ3) is 5.35. The molecule has 4 rings (SSSR count). The number of fused-ring (bicyclic) bond motifs is 1. The lowest BCUT2D eigenvalue weighted by Crippen LogP contribution is -2.66. The van der Waals surface area contributed by atoms with Crippen LogP contribution in [0.5, 0.6) is 0 Å². The molecule has 0 bridgehead atoms. The molecule has 7 heteroatoms. The van der Waals surface area contributed by atoms with Crippen LogP contribution in [-0.4, -0.2) is 63.9 Å². The van der Waals surface area contributed by atoms with Crippen LogP contribution in [0.2, 0.25) is 0 Å². The van der Waals surface area contributed by atoms with Crippen LogP contribution >= 0.6 is 0 Å². The molecule has 2 aromatic heterocycles. The molecule has 1 aliphatic carbocycles. The van der Waals surface area contributed by atoms with Crippen LogP contribution in [-0.2, 0) is 11.3 Å². The van der Waals surface area contributed by atoms with Gasteiger partial charge in [-0.1, -0.05) is 27.2 Å². The highest BCUT2D eigenvalue weighted by Gasteiger charge is 2.48. The number of nitrogens with zero attached hydrogens (tertiary/aromatic N) is 3. The first-order valence-electron chi connectivity index (χ1n) is 13.5. The summed E-state index contributed by atoms with van der Waals surface area (Å²) < 4.78 is 7.61. The van der Waals surface area contributed by atoms with Gasteiger partial charge in [0.1, 0.15) is 17.0 Å². The molecule has 0 unspecified atom stereocenters. The minimum absolute atomic E-state index is 0.0493. The Hall–Kier alpha value is -2.54. The van der Waals surface area contributed by atoms with E-state index in [2.05, 4.69) is 31.0 Å². The molecule has 0 saturated heterocycles. The summed E-state index contributed by atoms with van der Waals surface area (Å²) in [6, 6.07) is 7.71. The van der Waals surface area contributed by atoms with E-state index in [1.807, 2.05) is 40.7 Å². The van der Waals surface area contributed by atoms with Gasteiger partial charge in [-0.25, -0.2) is 0 Å². The Morgan fingerprint density at radius 3 is 2.54 bits per heavy atom. The number of amides is 2. The van der Waals surface area contributed by atoms with E-state index in [-0.39, 0.29) is 17.9 Å². The van der Waals surface area contributed by atoms with Gasteiger partial charge in [-0.3, -0.25) is 9.59 Å². The summed E-state index contributed by atoms with van der Waals surface area (Å²) in [7, 11) is 0. The number of nitrogens with one attached hydrogen (secondary N) is 1. The highest BCUT2D eigenvalue weighted by molar-refractivity contribution is 6.00. The van der Waals surface area contributed by atoms with Gasteiger partial charge in [0.15, 0.2) is 0 Å². The zero-order valence-electron chi connectivity index (χ0n) is 21.9. The molecule has 7 nitrogen and oxygen atoms in total. The maximum absolute atomic E-state index is 13.9. The predicted octanol–water partition coefficient (Wildman–Crippen LogP) is 4.78. The number of rotatable bonds is 10. The van der Waals surface area contributed by atoms with Crippen molar-refractivity contribution in [1.82, 2.24) is 19.7 Å². The number of unbranched alkanes of at least 4 members (excludes halogenated alkanes) is 1. The number of carbonyl (C=O) groups is 2. The fourth-order valence-electron chi connectivity index (χ4n) is 5.56. The first-order valence-corrected chi connectivity index (χ1v) is 13.5. The van der Waals surface area contributed by atoms with Gasteiger partial charge >= 0.3 is 0 Å². The summed E-state index contributed by atoms with van der Waals surface area (Å²) in [5.41, 5.74) is 0.476. The topological polar surface area (TPSA) is 70.7 Å². The van der Waals surface area contributed by atoms with Crippen LogP contribution in [0.15, 0.2) is 34.9 Å². The molecule has 2 amide bonds. The van der Waals surface area contributed by atoms with Crippen molar-refractivity contribution >= 4 is 11.8 Å². The molecule has 0 radical (unpaired) electrons. The largest absolute Gasteiger partial charge is 0.463 e. The standard InChI is InChI=1S/C28H42N4O3/c1-5-7-16-30(6-2)17-18-32-26(33)24-15-14-23(25-9-8-19-35-25)31(24)20-28(32,4)27(34)29-22-12-10-21(3)11-13-22/h8-9,14-15,19,21-22H,5-7,10-13,16-18,20H2,1-4H3,(H,29,34)/t21?,22?,28-/m0/s1. The second kappa shape index (κ2) is 11.0. The average molecular weight is 483 g/mol. The van der Waals surface area contributed by atoms with Crippen LogP contribution in [0.4, 0.5) is 0 Å². The normalized spacial score (nSPS) is 24.6. The number of aromatic nitrogens is 1. The van der Waals surface area contributed by atoms with Crippen LogP contribution in [0, 0.1) is 5.92 Å². The Morgan fingerprint density at radius 1 is 1.14 bits per heavy atom. The van der Waals surface area contributed by atoms with Crippen molar-refractivity contribution in [2.75, 3.05) is 26.2 Å². The summed E-state index contributed by atoms with van der Waals surface area (Å²) in [5, 5.41) is 3.33. The van der Waals surface area contributed by atoms with E-state index >= 15 is 0 Å². The Bertz CT molecular complexity index is 990. The van der Waals surface area contributed by atoms with Crippen LogP contribution in [0.3, 0.4) is 0 Å². The maximum atomic E-state index is 13.9. The molecule has 1 atom stereocenters. The number of furan rings is 1. The van der Waals surface area contributed by atoms with Gasteiger partial charge in [-0.15, -0.1) is 0 Å². The van der Waals surface area contributed by atoms with E-state index < -0.39 is 5.54 Å². The van der Waals surface area contributed by atoms with E-state index in [1.54, 1.807) is 6.26 Å². The van der Waals surface area contributed by atoms with Gasteiger partial charge in [-0.05, 0) is 82.3 Å². The summed E-state index contributed by atoms with van der Waals surface area (Å²) in [4.78, 5) is 31.9. The molecule has 3 heterocycles. The van der Waals surface area contributed by atoms with Crippen molar-refractivity contribution in [2.24, 2.45) is 5.92 Å². The van der Waals surface area contributed by atoms with Crippen molar-refractivity contribution < 1.29 is 14.0 Å². The lowest BCUT2D eigenvalue weighted by Gasteiger charge is -2.45. The summed E-state index contributed by atoms with van der Waals surface area (Å²) in [6.45, 7) is 12.2. The fraction of sp³-hybridized carbons (Fsp3) is 0.643. The van der Waals surface area contributed by atoms with Gasteiger partial charge in [0.2, 0.25) is 5.91 Å². The molecule has 2 aliphatic rings. The fourth-order valence-corrected chi connectivity index (χ4v) is 5.56. The van der Waals surface area contributed by atoms with Crippen molar-refractivity contribution in [1.29, 1.82) is 0 Å². The van der Waals surface area contributed by atoms with Gasteiger partial charge in [0.25, 0.3) is 5.91 Å². The molecule has 1 N–H and O–H groups in total. The Morgan fingerprint density at radius 2 is 1.89 bits per heavy atom. The molecule has 192 valence electrons. The van der Waals surface area contributed by atoms with Crippen LogP contribution < -0.4 is 5.32 Å². The first-order chi connectivity index (χ1) is 16.9. The third-order valence-corrected chi connectivity index (χ3v) is 8.04. The zero-order chi connectivity index (χ0) is 25.0. The third-order valence-electron chi connectivity index (χ3n) is 8.04. The molecular formula is C28H42N4O3. The number of hydrogen-bond acceptors (Lipinski definition) is 4. The monoisotopic (exact) mass is 482 g/mol. The van der Waals surface area contributed by atoms with Gasteiger partial charge in [-0.2, -0.15) is 0 Å². The Kier molecular flexibility index (Phi) is 8.05. The second-order valence-corrected chi connectivity index (χ2v) is 10.6. The Labute approximate surface area is 209 Å². The van der Waals surface area contributed by atoms with Crippen molar-refractivity contribution in [3.8, 4) is 11.5 Å². The summed E-state index contributed by atoms with van der Waals surface area (Å²) >= 11 is 0. The molecule has 0 spiro atoms. The molecular weight excluding hydrogens is 440 g/mol. The summed E-state index contributed by atoms with van der Waals surface area (Å²) in [6.07, 6.45) is 8.19. The van der Waals surface area contributed by atoms with Crippen molar-refractivity contribution in [3.63, 3.8) is 0 Å². The minimum Gasteiger partial charge on any atom is -0.463 e. The second-order valence-electron chi connectivity index (χ2n) is 10.6. The van der Waals surface area contributed by atoms with Crippen LogP contribution in [0.1, 0.15) is 76.7 Å². The van der Waals surface area contributed by atoms with E-state index in [0.29, 0.717) is 30.5 Å². The van der Waals surface area contributed by atoms with Crippen molar-refractivity contribution in [3.05, 3.63) is 36.2 Å². The SMILES string of the molecule is CCCCN(CC)CCN1C(=O)c2ccc(-c3ccco3)n2C[C@@]1(C)C(=O)NC1CCC(C)CC1. The quantitative estimate of drug-likeness (QED) is 0.529. The molecule has 2 aromatic rings. The molecule has 1 fully saturated rings. The van der Waals surface area contributed by atoms with Gasteiger partial charge < -0.3 is 24.1 Å². The van der Waals surface area contributed by atoms with Gasteiger partial charge in [0.05, 0.1) is 18.5 Å². The highest BCUT2D eigenvalue weighted by atomic mass is 16.3. The summed E-state index contributed by atoms with van der Waals surface area (Å²) in [5.74, 6) is 1.29. The number of hydrogen-bond donors (Lipinski definition) is 1. The van der Waals surface area contributed by atoms with Crippen molar-refractivity contribution in [2.45, 2.75) is 84.3 Å². The predicted molar refractivity (Wildman–Crippen MR) is 138 cm³/mol. The molecule has 1 aliphatic heterocycles.